The number of nitrogens with one attached hydrogen (secondary N) is 1. The smallest absolute Gasteiger partial charge is 0.243 e. The molecule has 2 heterocycles. The predicted molar refractivity (Wildman–Crippen MR) is 141 cm³/mol. The van der Waals surface area contributed by atoms with E-state index in [1.807, 2.05) is 42.5 Å². The summed E-state index contributed by atoms with van der Waals surface area (Å²) in [5, 5.41) is 4.12. The molecule has 1 aliphatic rings. The van der Waals surface area contributed by atoms with Crippen LogP contribution < -0.4 is 5.32 Å². The fourth-order valence-corrected chi connectivity index (χ4v) is 6.64. The molecule has 35 heavy (non-hydrogen) atoms. The van der Waals surface area contributed by atoms with Crippen LogP contribution in [0.3, 0.4) is 0 Å². The van der Waals surface area contributed by atoms with E-state index in [1.165, 1.54) is 12.1 Å². The lowest BCUT2D eigenvalue weighted by Gasteiger charge is -2.29. The first-order chi connectivity index (χ1) is 16.9. The number of ketones is 1. The van der Waals surface area contributed by atoms with Crippen molar-refractivity contribution in [2.24, 2.45) is 5.92 Å². The number of thiazole rings is 1. The Labute approximate surface area is 209 Å². The zero-order valence-electron chi connectivity index (χ0n) is 19.5. The molecule has 1 aromatic heterocycles. The Bertz CT molecular complexity index is 1400. The summed E-state index contributed by atoms with van der Waals surface area (Å²) in [6.45, 7) is 3.36. The number of para-hydroxylation sites is 1. The number of sulfonamides is 1. The molecule has 1 fully saturated rings. The lowest BCUT2D eigenvalue weighted by Crippen LogP contribution is -2.37. The van der Waals surface area contributed by atoms with Crippen LogP contribution in [-0.4, -0.2) is 43.1 Å². The minimum Gasteiger partial charge on any atom is -0.378 e. The fraction of sp³-hybridized carbons (Fsp3) is 0.259. The van der Waals surface area contributed by atoms with Crippen LogP contribution in [0.5, 0.6) is 0 Å². The molecule has 1 N–H and O–H groups in total. The molecular weight excluding hydrogens is 478 g/mol. The first kappa shape index (κ1) is 23.7. The average molecular weight is 506 g/mol. The van der Waals surface area contributed by atoms with Crippen molar-refractivity contribution < 1.29 is 13.2 Å². The first-order valence-corrected chi connectivity index (χ1v) is 14.0. The Balaban J connectivity index is 1.20. The molecule has 1 aliphatic heterocycles. The zero-order valence-corrected chi connectivity index (χ0v) is 21.1. The van der Waals surface area contributed by atoms with E-state index in [0.717, 1.165) is 39.3 Å². The van der Waals surface area contributed by atoms with Gasteiger partial charge in [-0.2, -0.15) is 4.31 Å². The Morgan fingerprint density at radius 1 is 1.00 bits per heavy atom. The molecule has 0 aliphatic carbocycles. The summed E-state index contributed by atoms with van der Waals surface area (Å²) in [5.41, 5.74) is 3.34. The Morgan fingerprint density at radius 2 is 1.69 bits per heavy atom. The summed E-state index contributed by atoms with van der Waals surface area (Å²) in [5.74, 6) is 0.452. The Morgan fingerprint density at radius 3 is 2.37 bits per heavy atom. The van der Waals surface area contributed by atoms with Gasteiger partial charge in [-0.15, -0.1) is 11.3 Å². The number of carbonyl (C=O) groups is 1. The lowest BCUT2D eigenvalue weighted by molar-refractivity contribution is 0.101. The van der Waals surface area contributed by atoms with Crippen molar-refractivity contribution in [1.82, 2.24) is 9.29 Å². The molecular formula is C27H27N3O3S2. The third-order valence-electron chi connectivity index (χ3n) is 6.44. The number of hydrogen-bond donors (Lipinski definition) is 1. The molecule has 180 valence electrons. The number of carbonyl (C=O) groups excluding carboxylic acids is 1. The van der Waals surface area contributed by atoms with Crippen molar-refractivity contribution >= 4 is 43.0 Å². The standard InChI is InChI=1S/C27H27N3O3S2/c1-19-14-16-30(17-15-19)35(32,33)23-12-8-20(9-13-23)25(31)18-28-22-10-6-21(7-11-22)27-29-24-4-2-3-5-26(24)34-27/h2-13,19,28H,14-18H2,1H3. The van der Waals surface area contributed by atoms with Crippen LogP contribution >= 0.6 is 11.3 Å². The maximum Gasteiger partial charge on any atom is 0.243 e. The summed E-state index contributed by atoms with van der Waals surface area (Å²) in [7, 11) is -3.52. The van der Waals surface area contributed by atoms with Crippen molar-refractivity contribution in [3.8, 4) is 10.6 Å². The van der Waals surface area contributed by atoms with E-state index in [9.17, 15) is 13.2 Å². The summed E-state index contributed by atoms with van der Waals surface area (Å²) in [4.78, 5) is 17.6. The molecule has 0 atom stereocenters. The first-order valence-electron chi connectivity index (χ1n) is 11.7. The molecule has 5 rings (SSSR count). The van der Waals surface area contributed by atoms with Gasteiger partial charge in [0.15, 0.2) is 5.78 Å². The highest BCUT2D eigenvalue weighted by Crippen LogP contribution is 2.30. The summed E-state index contributed by atoms with van der Waals surface area (Å²) >= 11 is 1.65. The van der Waals surface area contributed by atoms with Gasteiger partial charge in [-0.1, -0.05) is 19.1 Å². The molecule has 0 radical (unpaired) electrons. The topological polar surface area (TPSA) is 79.4 Å². The van der Waals surface area contributed by atoms with Crippen molar-refractivity contribution in [2.75, 3.05) is 25.0 Å². The van der Waals surface area contributed by atoms with Crippen LogP contribution in [0.1, 0.15) is 30.1 Å². The van der Waals surface area contributed by atoms with Gasteiger partial charge in [-0.25, -0.2) is 13.4 Å². The number of hydrogen-bond acceptors (Lipinski definition) is 6. The number of Topliss-reactive ketones (excluding diaryl/α,β-unsaturated/α-hetero) is 1. The second-order valence-corrected chi connectivity index (χ2v) is 11.9. The van der Waals surface area contributed by atoms with Gasteiger partial charge >= 0.3 is 0 Å². The van der Waals surface area contributed by atoms with Gasteiger partial charge in [0.1, 0.15) is 5.01 Å². The molecule has 4 aromatic rings. The summed E-state index contributed by atoms with van der Waals surface area (Å²) in [6, 6.07) is 22.2. The quantitative estimate of drug-likeness (QED) is 0.327. The van der Waals surface area contributed by atoms with Gasteiger partial charge in [0.25, 0.3) is 0 Å². The monoisotopic (exact) mass is 505 g/mol. The predicted octanol–water partition coefficient (Wildman–Crippen LogP) is 5.68. The minimum absolute atomic E-state index is 0.101. The number of anilines is 1. The third-order valence-corrected chi connectivity index (χ3v) is 9.43. The van der Waals surface area contributed by atoms with E-state index < -0.39 is 10.0 Å². The van der Waals surface area contributed by atoms with Crippen LogP contribution in [0.2, 0.25) is 0 Å². The molecule has 6 nitrogen and oxygen atoms in total. The van der Waals surface area contributed by atoms with Gasteiger partial charge in [0, 0.05) is 29.9 Å². The van der Waals surface area contributed by atoms with Crippen LogP contribution in [0.4, 0.5) is 5.69 Å². The molecule has 0 unspecified atom stereocenters. The van der Waals surface area contributed by atoms with Crippen molar-refractivity contribution in [2.45, 2.75) is 24.7 Å². The van der Waals surface area contributed by atoms with Crippen LogP contribution in [-0.2, 0) is 10.0 Å². The van der Waals surface area contributed by atoms with Gasteiger partial charge in [0.05, 0.1) is 21.7 Å². The number of benzene rings is 3. The van der Waals surface area contributed by atoms with Crippen molar-refractivity contribution in [1.29, 1.82) is 0 Å². The zero-order chi connectivity index (χ0) is 24.4. The minimum atomic E-state index is -3.52. The lowest BCUT2D eigenvalue weighted by atomic mass is 10.0. The fourth-order valence-electron chi connectivity index (χ4n) is 4.20. The van der Waals surface area contributed by atoms with E-state index >= 15 is 0 Å². The van der Waals surface area contributed by atoms with E-state index in [2.05, 4.69) is 23.3 Å². The van der Waals surface area contributed by atoms with Crippen LogP contribution in [0.15, 0.2) is 77.7 Å². The maximum absolute atomic E-state index is 12.9. The molecule has 8 heteroatoms. The van der Waals surface area contributed by atoms with Gasteiger partial charge in [-0.3, -0.25) is 4.79 Å². The second-order valence-electron chi connectivity index (χ2n) is 8.95. The van der Waals surface area contributed by atoms with Crippen LogP contribution in [0, 0.1) is 5.92 Å². The van der Waals surface area contributed by atoms with E-state index in [1.54, 1.807) is 27.8 Å². The SMILES string of the molecule is CC1CCN(S(=O)(=O)c2ccc(C(=O)CNc3ccc(-c4nc5ccccc5s4)cc3)cc2)CC1. The van der Waals surface area contributed by atoms with E-state index in [0.29, 0.717) is 24.6 Å². The number of fused-ring (bicyclic) bond motifs is 1. The van der Waals surface area contributed by atoms with E-state index in [-0.39, 0.29) is 17.2 Å². The number of nitrogens with zero attached hydrogens (tertiary/aromatic N) is 2. The van der Waals surface area contributed by atoms with E-state index in [4.69, 9.17) is 0 Å². The van der Waals surface area contributed by atoms with Gasteiger partial charge < -0.3 is 5.32 Å². The highest BCUT2D eigenvalue weighted by molar-refractivity contribution is 7.89. The van der Waals surface area contributed by atoms with Crippen LogP contribution in [0.25, 0.3) is 20.8 Å². The summed E-state index contributed by atoms with van der Waals surface area (Å²) < 4.78 is 28.5. The molecule has 1 saturated heterocycles. The number of aromatic nitrogens is 1. The number of rotatable bonds is 7. The third kappa shape index (κ3) is 5.15. The normalized spacial score (nSPS) is 15.3. The van der Waals surface area contributed by atoms with Gasteiger partial charge in [-0.05, 0) is 79.4 Å². The number of piperidine rings is 1. The highest BCUT2D eigenvalue weighted by Gasteiger charge is 2.28. The van der Waals surface area contributed by atoms with Gasteiger partial charge in [0.2, 0.25) is 10.0 Å². The molecule has 0 bridgehead atoms. The molecule has 3 aromatic carbocycles. The second kappa shape index (κ2) is 9.89. The molecule has 0 amide bonds. The average Bonchev–Trinajstić information content (AvgIpc) is 3.32. The Hall–Kier alpha value is -3.07. The van der Waals surface area contributed by atoms with Crippen molar-refractivity contribution in [3.63, 3.8) is 0 Å². The van der Waals surface area contributed by atoms with Crippen molar-refractivity contribution in [3.05, 3.63) is 78.4 Å². The maximum atomic E-state index is 12.9. The highest BCUT2D eigenvalue weighted by atomic mass is 32.2. The molecule has 0 spiro atoms. The molecule has 0 saturated carbocycles. The largest absolute Gasteiger partial charge is 0.378 e. The summed E-state index contributed by atoms with van der Waals surface area (Å²) in [6.07, 6.45) is 1.76. The Kier molecular flexibility index (Phi) is 6.69.